The van der Waals surface area contributed by atoms with Crippen molar-refractivity contribution in [3.8, 4) is 0 Å². The average molecular weight is 265 g/mol. The van der Waals surface area contributed by atoms with Crippen LogP contribution in [0.2, 0.25) is 0 Å². The van der Waals surface area contributed by atoms with Crippen molar-refractivity contribution in [1.82, 2.24) is 19.4 Å². The van der Waals surface area contributed by atoms with Crippen molar-refractivity contribution in [1.29, 1.82) is 0 Å². The molecule has 1 saturated heterocycles. The van der Waals surface area contributed by atoms with Crippen LogP contribution in [0.1, 0.15) is 16.9 Å². The highest BCUT2D eigenvalue weighted by molar-refractivity contribution is 5.91. The van der Waals surface area contributed by atoms with Crippen molar-refractivity contribution in [3.05, 3.63) is 18.2 Å². The van der Waals surface area contributed by atoms with E-state index in [2.05, 4.69) is 16.9 Å². The molecule has 1 unspecified atom stereocenters. The molecular formula is C13H23N5O. The molecule has 6 nitrogen and oxygen atoms in total. The number of aromatic nitrogens is 2. The molecule has 0 saturated carbocycles. The van der Waals surface area contributed by atoms with Crippen molar-refractivity contribution in [2.24, 2.45) is 11.7 Å². The summed E-state index contributed by atoms with van der Waals surface area (Å²) in [7, 11) is 3.97. The number of amides is 1. The van der Waals surface area contributed by atoms with Crippen LogP contribution in [0.25, 0.3) is 0 Å². The van der Waals surface area contributed by atoms with Crippen molar-refractivity contribution in [3.63, 3.8) is 0 Å². The van der Waals surface area contributed by atoms with Crippen LogP contribution in [-0.4, -0.2) is 65.5 Å². The zero-order valence-electron chi connectivity index (χ0n) is 11.7. The van der Waals surface area contributed by atoms with Crippen molar-refractivity contribution in [2.45, 2.75) is 13.0 Å². The van der Waals surface area contributed by atoms with Crippen LogP contribution in [0.4, 0.5) is 0 Å². The van der Waals surface area contributed by atoms with Gasteiger partial charge in [-0.1, -0.05) is 0 Å². The Kier molecular flexibility index (Phi) is 4.55. The minimum absolute atomic E-state index is 0.00896. The third-order valence-electron chi connectivity index (χ3n) is 3.61. The number of likely N-dealkylation sites (tertiary alicyclic amines) is 1. The summed E-state index contributed by atoms with van der Waals surface area (Å²) in [6.07, 6.45) is 4.60. The van der Waals surface area contributed by atoms with Crippen LogP contribution in [0.3, 0.4) is 0 Å². The summed E-state index contributed by atoms with van der Waals surface area (Å²) in [4.78, 5) is 20.5. The first-order valence-electron chi connectivity index (χ1n) is 6.76. The van der Waals surface area contributed by atoms with Crippen LogP contribution >= 0.6 is 0 Å². The molecule has 0 aliphatic carbocycles. The zero-order valence-corrected chi connectivity index (χ0v) is 11.7. The number of carbonyl (C=O) groups is 1. The van der Waals surface area contributed by atoms with Gasteiger partial charge < -0.3 is 20.1 Å². The van der Waals surface area contributed by atoms with Crippen LogP contribution in [0.15, 0.2) is 12.5 Å². The normalized spacial score (nSPS) is 19.8. The van der Waals surface area contributed by atoms with E-state index in [-0.39, 0.29) is 5.91 Å². The third-order valence-corrected chi connectivity index (χ3v) is 3.61. The summed E-state index contributed by atoms with van der Waals surface area (Å²) in [6.45, 7) is 4.23. The van der Waals surface area contributed by atoms with Crippen LogP contribution in [-0.2, 0) is 6.54 Å². The lowest BCUT2D eigenvalue weighted by Crippen LogP contribution is -2.33. The number of nitrogens with two attached hydrogens (primary N) is 1. The van der Waals surface area contributed by atoms with E-state index in [1.54, 1.807) is 17.4 Å². The minimum Gasteiger partial charge on any atom is -0.340 e. The van der Waals surface area contributed by atoms with Crippen LogP contribution < -0.4 is 5.73 Å². The van der Waals surface area contributed by atoms with E-state index < -0.39 is 0 Å². The SMILES string of the molecule is CN1CCC(CN(C)C(=O)c2cn(CCN)cn2)C1. The van der Waals surface area contributed by atoms with E-state index in [1.165, 1.54) is 0 Å². The van der Waals surface area contributed by atoms with Crippen molar-refractivity contribution < 1.29 is 4.79 Å². The van der Waals surface area contributed by atoms with Gasteiger partial charge >= 0.3 is 0 Å². The molecule has 0 spiro atoms. The van der Waals surface area contributed by atoms with E-state index >= 15 is 0 Å². The molecule has 0 radical (unpaired) electrons. The lowest BCUT2D eigenvalue weighted by Gasteiger charge is -2.20. The van der Waals surface area contributed by atoms with Gasteiger partial charge in [0, 0.05) is 39.4 Å². The Balaban J connectivity index is 1.90. The zero-order chi connectivity index (χ0) is 13.8. The maximum Gasteiger partial charge on any atom is 0.273 e. The standard InChI is InChI=1S/C13H23N5O/c1-16-5-3-11(7-16)8-17(2)13(19)12-9-18(6-4-14)10-15-12/h9-11H,3-8,14H2,1-2H3. The Morgan fingerprint density at radius 3 is 3.05 bits per heavy atom. The van der Waals surface area contributed by atoms with Gasteiger partial charge in [-0.05, 0) is 25.9 Å². The summed E-state index contributed by atoms with van der Waals surface area (Å²) in [5, 5.41) is 0. The largest absolute Gasteiger partial charge is 0.340 e. The molecule has 1 amide bonds. The molecule has 1 fully saturated rings. The highest BCUT2D eigenvalue weighted by Gasteiger charge is 2.23. The van der Waals surface area contributed by atoms with E-state index in [9.17, 15) is 4.79 Å². The molecule has 6 heteroatoms. The van der Waals surface area contributed by atoms with Crippen molar-refractivity contribution in [2.75, 3.05) is 40.3 Å². The monoisotopic (exact) mass is 265 g/mol. The lowest BCUT2D eigenvalue weighted by molar-refractivity contribution is 0.0768. The van der Waals surface area contributed by atoms with Gasteiger partial charge in [0.15, 0.2) is 0 Å². The molecule has 1 aliphatic rings. The molecule has 0 aromatic carbocycles. The van der Waals surface area contributed by atoms with E-state index in [0.29, 0.717) is 24.7 Å². The third kappa shape index (κ3) is 3.54. The molecule has 2 heterocycles. The van der Waals surface area contributed by atoms with Gasteiger partial charge in [0.1, 0.15) is 5.69 Å². The molecule has 106 valence electrons. The summed E-state index contributed by atoms with van der Waals surface area (Å²) in [6, 6.07) is 0. The van der Waals surface area contributed by atoms with E-state index in [0.717, 1.165) is 26.1 Å². The predicted octanol–water partition coefficient (Wildman–Crippen LogP) is -0.134. The number of rotatable bonds is 5. The molecule has 1 atom stereocenters. The fourth-order valence-electron chi connectivity index (χ4n) is 2.58. The molecule has 19 heavy (non-hydrogen) atoms. The maximum absolute atomic E-state index is 12.2. The lowest BCUT2D eigenvalue weighted by atomic mass is 10.1. The van der Waals surface area contributed by atoms with Gasteiger partial charge in [-0.15, -0.1) is 0 Å². The van der Waals surface area contributed by atoms with Crippen molar-refractivity contribution >= 4 is 5.91 Å². The minimum atomic E-state index is -0.00896. The molecule has 2 rings (SSSR count). The van der Waals surface area contributed by atoms with Gasteiger partial charge in [0.25, 0.3) is 5.91 Å². The predicted molar refractivity (Wildman–Crippen MR) is 73.8 cm³/mol. The van der Waals surface area contributed by atoms with Gasteiger partial charge in [0.05, 0.1) is 6.33 Å². The van der Waals surface area contributed by atoms with Crippen LogP contribution in [0, 0.1) is 5.92 Å². The Morgan fingerprint density at radius 1 is 1.63 bits per heavy atom. The number of imidazole rings is 1. The van der Waals surface area contributed by atoms with Gasteiger partial charge in [0.2, 0.25) is 0 Å². The number of carbonyl (C=O) groups excluding carboxylic acids is 1. The number of hydrogen-bond acceptors (Lipinski definition) is 4. The number of nitrogens with zero attached hydrogens (tertiary/aromatic N) is 4. The molecule has 1 aromatic heterocycles. The first-order valence-corrected chi connectivity index (χ1v) is 6.76. The average Bonchev–Trinajstić information content (AvgIpc) is 2.98. The highest BCUT2D eigenvalue weighted by atomic mass is 16.2. The Bertz CT molecular complexity index is 430. The van der Waals surface area contributed by atoms with E-state index in [4.69, 9.17) is 5.73 Å². The fourth-order valence-corrected chi connectivity index (χ4v) is 2.58. The first-order chi connectivity index (χ1) is 9.10. The van der Waals surface area contributed by atoms with Crippen LogP contribution in [0.5, 0.6) is 0 Å². The smallest absolute Gasteiger partial charge is 0.273 e. The number of hydrogen-bond donors (Lipinski definition) is 1. The second-order valence-corrected chi connectivity index (χ2v) is 5.39. The summed E-state index contributed by atoms with van der Waals surface area (Å²) in [5.74, 6) is 0.565. The molecule has 1 aromatic rings. The van der Waals surface area contributed by atoms with Gasteiger partial charge in [-0.3, -0.25) is 4.79 Å². The highest BCUT2D eigenvalue weighted by Crippen LogP contribution is 2.15. The Hall–Kier alpha value is -1.40. The van der Waals surface area contributed by atoms with Gasteiger partial charge in [-0.25, -0.2) is 4.98 Å². The summed E-state index contributed by atoms with van der Waals surface area (Å²) < 4.78 is 1.85. The fraction of sp³-hybridized carbons (Fsp3) is 0.692. The Labute approximate surface area is 114 Å². The quantitative estimate of drug-likeness (QED) is 0.805. The second-order valence-electron chi connectivity index (χ2n) is 5.39. The summed E-state index contributed by atoms with van der Waals surface area (Å²) in [5.41, 5.74) is 5.98. The molecule has 1 aliphatic heterocycles. The van der Waals surface area contributed by atoms with Gasteiger partial charge in [-0.2, -0.15) is 0 Å². The maximum atomic E-state index is 12.2. The second kappa shape index (κ2) is 6.16. The first kappa shape index (κ1) is 14.0. The van der Waals surface area contributed by atoms with E-state index in [1.807, 2.05) is 11.6 Å². The summed E-state index contributed by atoms with van der Waals surface area (Å²) >= 11 is 0. The molecule has 2 N–H and O–H groups in total. The Morgan fingerprint density at radius 2 is 2.42 bits per heavy atom. The topological polar surface area (TPSA) is 67.4 Å². The molecular weight excluding hydrogens is 242 g/mol. The molecule has 0 bridgehead atoms.